The van der Waals surface area contributed by atoms with E-state index >= 15 is 0 Å². The second-order valence-corrected chi connectivity index (χ2v) is 9.97. The summed E-state index contributed by atoms with van der Waals surface area (Å²) < 4.78 is 38.4. The summed E-state index contributed by atoms with van der Waals surface area (Å²) in [5, 5.41) is 2.93. The van der Waals surface area contributed by atoms with Crippen LogP contribution >= 0.6 is 0 Å². The highest BCUT2D eigenvalue weighted by molar-refractivity contribution is 7.89. The Hall–Kier alpha value is -3.11. The molecule has 178 valence electrons. The second kappa shape index (κ2) is 10.2. The normalized spacial score (nSPS) is 11.7. The molecule has 0 unspecified atom stereocenters. The topological polar surface area (TPSA) is 103 Å². The number of nitrogens with one attached hydrogen (secondary N) is 1. The average Bonchev–Trinajstić information content (AvgIpc) is 3.12. The van der Waals surface area contributed by atoms with Crippen LogP contribution < -0.4 is 14.8 Å². The van der Waals surface area contributed by atoms with Crippen molar-refractivity contribution in [2.45, 2.75) is 24.2 Å². The summed E-state index contributed by atoms with van der Waals surface area (Å²) in [5.74, 6) is 1.97. The van der Waals surface area contributed by atoms with Crippen molar-refractivity contribution in [3.05, 3.63) is 47.8 Å². The number of imidazole rings is 1. The number of aryl methyl sites for hydroxylation is 2. The first-order chi connectivity index (χ1) is 15.7. The fourth-order valence-corrected chi connectivity index (χ4v) is 4.44. The minimum absolute atomic E-state index is 0.0709. The van der Waals surface area contributed by atoms with Gasteiger partial charge in [-0.2, -0.15) is 0 Å². The van der Waals surface area contributed by atoms with E-state index in [0.717, 1.165) is 16.9 Å². The van der Waals surface area contributed by atoms with E-state index in [9.17, 15) is 13.2 Å². The molecule has 1 aromatic heterocycles. The number of benzene rings is 2. The smallest absolute Gasteiger partial charge is 0.242 e. The van der Waals surface area contributed by atoms with Crippen LogP contribution in [-0.2, 0) is 34.7 Å². The molecule has 0 atom stereocenters. The Morgan fingerprint density at radius 3 is 2.45 bits per heavy atom. The average molecular weight is 475 g/mol. The van der Waals surface area contributed by atoms with Crippen molar-refractivity contribution in [2.24, 2.45) is 7.05 Å². The highest BCUT2D eigenvalue weighted by Crippen LogP contribution is 2.27. The summed E-state index contributed by atoms with van der Waals surface area (Å²) in [5.41, 5.74) is 2.44. The van der Waals surface area contributed by atoms with Crippen molar-refractivity contribution in [1.82, 2.24) is 19.2 Å². The number of amides is 1. The number of methoxy groups -OCH3 is 2. The Labute approximate surface area is 194 Å². The third-order valence-electron chi connectivity index (χ3n) is 5.48. The van der Waals surface area contributed by atoms with Gasteiger partial charge in [-0.15, -0.1) is 0 Å². The van der Waals surface area contributed by atoms with Crippen LogP contribution in [0.25, 0.3) is 11.0 Å². The first-order valence-electron chi connectivity index (χ1n) is 10.5. The van der Waals surface area contributed by atoms with Crippen molar-refractivity contribution in [1.29, 1.82) is 0 Å². The molecule has 3 rings (SSSR count). The lowest BCUT2D eigenvalue weighted by molar-refractivity contribution is -0.121. The molecule has 0 bridgehead atoms. The van der Waals surface area contributed by atoms with Crippen LogP contribution in [0.15, 0.2) is 41.3 Å². The molecule has 0 aliphatic rings. The number of rotatable bonds is 10. The molecular formula is C23H30N4O5S. The molecule has 1 amide bonds. The Bertz CT molecular complexity index is 1250. The van der Waals surface area contributed by atoms with Gasteiger partial charge in [0.1, 0.15) is 5.82 Å². The van der Waals surface area contributed by atoms with Gasteiger partial charge in [0.25, 0.3) is 0 Å². The number of ether oxygens (including phenoxy) is 2. The van der Waals surface area contributed by atoms with Gasteiger partial charge in [0.15, 0.2) is 11.5 Å². The lowest BCUT2D eigenvalue weighted by atomic mass is 10.1. The maximum absolute atomic E-state index is 12.4. The molecule has 0 aliphatic carbocycles. The molecule has 0 fully saturated rings. The van der Waals surface area contributed by atoms with Gasteiger partial charge in [0.05, 0.1) is 30.1 Å². The summed E-state index contributed by atoms with van der Waals surface area (Å²) in [6.45, 7) is 0.503. The highest BCUT2D eigenvalue weighted by Gasteiger charge is 2.19. The van der Waals surface area contributed by atoms with Crippen molar-refractivity contribution < 1.29 is 22.7 Å². The Balaban J connectivity index is 1.58. The maximum atomic E-state index is 12.4. The molecule has 0 saturated heterocycles. The van der Waals surface area contributed by atoms with E-state index in [1.165, 1.54) is 18.4 Å². The standard InChI is InChI=1S/C23H30N4O5S/c1-26(2)33(29,30)17-7-8-19-18(15-17)25-22(27(19)3)10-11-23(28)24-13-12-16-6-9-20(31-4)21(14-16)32-5/h6-9,14-15H,10-13H2,1-5H3,(H,24,28). The van der Waals surface area contributed by atoms with Gasteiger partial charge in [-0.3, -0.25) is 4.79 Å². The minimum atomic E-state index is -3.53. The lowest BCUT2D eigenvalue weighted by Crippen LogP contribution is -2.26. The van der Waals surface area contributed by atoms with E-state index in [-0.39, 0.29) is 17.2 Å². The zero-order valence-electron chi connectivity index (χ0n) is 19.6. The second-order valence-electron chi connectivity index (χ2n) is 7.81. The van der Waals surface area contributed by atoms with Crippen molar-refractivity contribution in [3.63, 3.8) is 0 Å². The van der Waals surface area contributed by atoms with Gasteiger partial charge in [0.2, 0.25) is 15.9 Å². The third-order valence-corrected chi connectivity index (χ3v) is 7.29. The quantitative estimate of drug-likeness (QED) is 0.483. The summed E-state index contributed by atoms with van der Waals surface area (Å²) >= 11 is 0. The van der Waals surface area contributed by atoms with E-state index in [1.54, 1.807) is 32.4 Å². The van der Waals surface area contributed by atoms with Gasteiger partial charge in [0, 0.05) is 40.5 Å². The van der Waals surface area contributed by atoms with Gasteiger partial charge >= 0.3 is 0 Å². The zero-order valence-corrected chi connectivity index (χ0v) is 20.4. The van der Waals surface area contributed by atoms with E-state index in [2.05, 4.69) is 10.3 Å². The molecule has 0 aliphatic heterocycles. The molecule has 1 N–H and O–H groups in total. The molecule has 3 aromatic rings. The lowest BCUT2D eigenvalue weighted by Gasteiger charge is -2.11. The number of hydrogen-bond acceptors (Lipinski definition) is 6. The fraction of sp³-hybridized carbons (Fsp3) is 0.391. The van der Waals surface area contributed by atoms with Crippen LogP contribution in [0.1, 0.15) is 17.8 Å². The van der Waals surface area contributed by atoms with Gasteiger partial charge < -0.3 is 19.4 Å². The number of nitrogens with zero attached hydrogens (tertiary/aromatic N) is 3. The number of aromatic nitrogens is 2. The van der Waals surface area contributed by atoms with Crippen LogP contribution in [0.2, 0.25) is 0 Å². The Morgan fingerprint density at radius 2 is 1.79 bits per heavy atom. The molecule has 33 heavy (non-hydrogen) atoms. The van der Waals surface area contributed by atoms with Crippen LogP contribution in [-0.4, -0.2) is 63.0 Å². The molecule has 0 spiro atoms. The summed E-state index contributed by atoms with van der Waals surface area (Å²) in [6.07, 6.45) is 1.40. The van der Waals surface area contributed by atoms with Crippen molar-refractivity contribution in [2.75, 3.05) is 34.9 Å². The zero-order chi connectivity index (χ0) is 24.2. The van der Waals surface area contributed by atoms with E-state index < -0.39 is 10.0 Å². The van der Waals surface area contributed by atoms with E-state index in [4.69, 9.17) is 9.47 Å². The van der Waals surface area contributed by atoms with Crippen LogP contribution in [0.5, 0.6) is 11.5 Å². The monoisotopic (exact) mass is 474 g/mol. The van der Waals surface area contributed by atoms with Gasteiger partial charge in [-0.05, 0) is 42.3 Å². The Kier molecular flexibility index (Phi) is 7.60. The first-order valence-corrected chi connectivity index (χ1v) is 12.0. The molecule has 9 nitrogen and oxygen atoms in total. The number of fused-ring (bicyclic) bond motifs is 1. The largest absolute Gasteiger partial charge is 0.493 e. The maximum Gasteiger partial charge on any atom is 0.242 e. The number of carbonyl (C=O) groups is 1. The molecule has 1 heterocycles. The van der Waals surface area contributed by atoms with Crippen LogP contribution in [0.4, 0.5) is 0 Å². The molecular weight excluding hydrogens is 444 g/mol. The molecule has 0 saturated carbocycles. The van der Waals surface area contributed by atoms with Gasteiger partial charge in [-0.1, -0.05) is 6.07 Å². The predicted octanol–water partition coefficient (Wildman–Crippen LogP) is 2.13. The van der Waals surface area contributed by atoms with Crippen molar-refractivity contribution >= 4 is 27.0 Å². The minimum Gasteiger partial charge on any atom is -0.493 e. The van der Waals surface area contributed by atoms with Crippen LogP contribution in [0.3, 0.4) is 0 Å². The Morgan fingerprint density at radius 1 is 1.06 bits per heavy atom. The number of hydrogen-bond donors (Lipinski definition) is 1. The third kappa shape index (κ3) is 5.45. The fourth-order valence-electron chi connectivity index (χ4n) is 3.52. The van der Waals surface area contributed by atoms with E-state index in [0.29, 0.717) is 36.4 Å². The predicted molar refractivity (Wildman–Crippen MR) is 126 cm³/mol. The van der Waals surface area contributed by atoms with Crippen LogP contribution in [0, 0.1) is 0 Å². The summed E-state index contributed by atoms with van der Waals surface area (Å²) in [7, 11) is 4.49. The van der Waals surface area contributed by atoms with E-state index in [1.807, 2.05) is 29.8 Å². The summed E-state index contributed by atoms with van der Waals surface area (Å²) in [6, 6.07) is 10.6. The van der Waals surface area contributed by atoms with Crippen molar-refractivity contribution in [3.8, 4) is 11.5 Å². The molecule has 2 aromatic carbocycles. The first kappa shape index (κ1) is 24.5. The van der Waals surface area contributed by atoms with Gasteiger partial charge in [-0.25, -0.2) is 17.7 Å². The highest BCUT2D eigenvalue weighted by atomic mass is 32.2. The SMILES string of the molecule is COc1ccc(CCNC(=O)CCc2nc3cc(S(=O)(=O)N(C)C)ccc3n2C)cc1OC. The molecule has 0 radical (unpaired) electrons. The number of sulfonamides is 1. The summed E-state index contributed by atoms with van der Waals surface area (Å²) in [4.78, 5) is 17.1. The number of carbonyl (C=O) groups excluding carboxylic acids is 1. The molecule has 10 heteroatoms.